The van der Waals surface area contributed by atoms with Crippen LogP contribution in [0.15, 0.2) is 72.8 Å². The van der Waals surface area contributed by atoms with E-state index in [1.165, 1.54) is 250 Å². The molecule has 0 radical (unpaired) electrons. The molecule has 0 spiro atoms. The van der Waals surface area contributed by atoms with Crippen molar-refractivity contribution in [2.45, 2.75) is 350 Å². The van der Waals surface area contributed by atoms with Crippen LogP contribution in [0.25, 0.3) is 0 Å². The summed E-state index contributed by atoms with van der Waals surface area (Å²) >= 11 is 0. The van der Waals surface area contributed by atoms with E-state index in [-0.39, 0.29) is 37.2 Å². The minimum absolute atomic E-state index is 0. The van der Waals surface area contributed by atoms with Gasteiger partial charge in [0.05, 0.1) is 19.8 Å². The topological polar surface area (TPSA) is 176 Å². The molecular formula is C75H132AlO12P3. The molecule has 0 saturated carbocycles. The number of phosphoric acid groups is 3. The zero-order valence-electron chi connectivity index (χ0n) is 58.8. The SMILES string of the molecule is CCCCCCCCCCCCCCCCCCOP(=O)([O-])Oc1ccc(C)cc1.CCCCCCCCCCCCCCCCCCOP(=O)([O-])Oc1ccc(C)cc1.CCCCCCCCCCCCCCCCCCOP(=O)([O-])Oc1ccc(C)cc1.[Al+3]. The van der Waals surface area contributed by atoms with Gasteiger partial charge in [0.1, 0.15) is 17.2 Å². The molecule has 0 heterocycles. The van der Waals surface area contributed by atoms with E-state index in [0.29, 0.717) is 17.2 Å². The zero-order valence-corrected chi connectivity index (χ0v) is 62.6. The first-order valence-corrected chi connectivity index (χ1v) is 41.1. The molecule has 0 bridgehead atoms. The molecule has 3 aromatic carbocycles. The van der Waals surface area contributed by atoms with Crippen molar-refractivity contribution in [1.29, 1.82) is 0 Å². The molecule has 91 heavy (non-hydrogen) atoms. The largest absolute Gasteiger partial charge is 3.00 e. The normalized spacial score (nSPS) is 13.2. The first kappa shape index (κ1) is 89.0. The molecule has 0 fully saturated rings. The van der Waals surface area contributed by atoms with E-state index in [1.54, 1.807) is 36.4 Å². The molecule has 3 rings (SSSR count). The third kappa shape index (κ3) is 61.4. The van der Waals surface area contributed by atoms with Gasteiger partial charge in [-0.2, -0.15) is 0 Å². The Balaban J connectivity index is 0.00000133. The van der Waals surface area contributed by atoms with Gasteiger partial charge in [-0.25, -0.2) is 0 Å². The van der Waals surface area contributed by atoms with Crippen molar-refractivity contribution in [1.82, 2.24) is 0 Å². The van der Waals surface area contributed by atoms with E-state index in [2.05, 4.69) is 20.8 Å². The van der Waals surface area contributed by atoms with Gasteiger partial charge in [0.25, 0.3) is 0 Å². The minimum Gasteiger partial charge on any atom is -0.746 e. The maximum Gasteiger partial charge on any atom is 3.00 e. The van der Waals surface area contributed by atoms with E-state index >= 15 is 0 Å². The van der Waals surface area contributed by atoms with Gasteiger partial charge in [0.2, 0.25) is 0 Å². The van der Waals surface area contributed by atoms with Crippen LogP contribution in [-0.4, -0.2) is 37.2 Å². The van der Waals surface area contributed by atoms with Crippen LogP contribution < -0.4 is 28.3 Å². The number of hydrogen-bond acceptors (Lipinski definition) is 12. The van der Waals surface area contributed by atoms with Crippen LogP contribution in [0.2, 0.25) is 0 Å². The smallest absolute Gasteiger partial charge is 0.746 e. The minimum atomic E-state index is -4.27. The summed E-state index contributed by atoms with van der Waals surface area (Å²) in [4.78, 5) is 35.5. The maximum absolute atomic E-state index is 11.8. The van der Waals surface area contributed by atoms with Crippen LogP contribution in [-0.2, 0) is 27.3 Å². The van der Waals surface area contributed by atoms with Crippen LogP contribution >= 0.6 is 23.5 Å². The molecule has 0 saturated heterocycles. The number of aryl methyl sites for hydroxylation is 3. The molecule has 3 atom stereocenters. The van der Waals surface area contributed by atoms with Gasteiger partial charge in [0.15, 0.2) is 0 Å². The van der Waals surface area contributed by atoms with Gasteiger partial charge >= 0.3 is 40.8 Å². The van der Waals surface area contributed by atoms with Crippen molar-refractivity contribution in [3.63, 3.8) is 0 Å². The van der Waals surface area contributed by atoms with Crippen molar-refractivity contribution in [3.05, 3.63) is 89.5 Å². The maximum atomic E-state index is 11.8. The summed E-state index contributed by atoms with van der Waals surface area (Å²) in [5, 5.41) is 0. The van der Waals surface area contributed by atoms with Gasteiger partial charge in [-0.3, -0.25) is 13.7 Å². The predicted octanol–water partition coefficient (Wildman–Crippen LogP) is 24.0. The Morgan fingerprint density at radius 1 is 0.242 bits per heavy atom. The van der Waals surface area contributed by atoms with Crippen LogP contribution in [0.1, 0.15) is 346 Å². The molecular weight excluding hydrogens is 1210 g/mol. The molecule has 0 N–H and O–H groups in total. The first-order chi connectivity index (χ1) is 43.6. The van der Waals surface area contributed by atoms with Crippen molar-refractivity contribution < 1.29 is 55.5 Å². The molecule has 0 aliphatic carbocycles. The summed E-state index contributed by atoms with van der Waals surface area (Å²) in [5.74, 6) is 0.891. The number of rotatable bonds is 60. The van der Waals surface area contributed by atoms with Crippen LogP contribution in [0, 0.1) is 20.8 Å². The van der Waals surface area contributed by atoms with E-state index in [0.717, 1.165) is 74.5 Å². The Hall–Kier alpha value is -1.96. The molecule has 16 heteroatoms. The van der Waals surface area contributed by atoms with Gasteiger partial charge in [-0.05, 0) is 76.4 Å². The van der Waals surface area contributed by atoms with Crippen molar-refractivity contribution >= 4 is 40.8 Å². The standard InChI is InChI=1S/3C25H45O4P.Al/c3*1-3-4-5-6-7-8-9-10-11-12-13-14-15-16-17-18-23-28-30(26,27)29-25-21-19-24(2)20-22-25;/h3*19-22H,3-18,23H2,1-2H3,(H,26,27);/q;;;+3/p-3. The summed E-state index contributed by atoms with van der Waals surface area (Å²) in [7, 11) is -12.8. The zero-order chi connectivity index (χ0) is 65.8. The molecule has 3 aromatic rings. The van der Waals surface area contributed by atoms with Crippen molar-refractivity contribution in [3.8, 4) is 17.2 Å². The van der Waals surface area contributed by atoms with Gasteiger partial charge < -0.3 is 41.8 Å². The summed E-state index contributed by atoms with van der Waals surface area (Å²) in [6.45, 7) is 13.2. The fraction of sp³-hybridized carbons (Fsp3) is 0.760. The second-order valence-corrected chi connectivity index (χ2v) is 29.5. The van der Waals surface area contributed by atoms with Crippen LogP contribution in [0.4, 0.5) is 0 Å². The summed E-state index contributed by atoms with van der Waals surface area (Å²) in [6.07, 6.45) is 62.0. The first-order valence-electron chi connectivity index (χ1n) is 36.8. The molecule has 522 valence electrons. The van der Waals surface area contributed by atoms with Gasteiger partial charge in [-0.1, -0.05) is 363 Å². The Morgan fingerprint density at radius 3 is 0.516 bits per heavy atom. The van der Waals surface area contributed by atoms with Gasteiger partial charge in [-0.15, -0.1) is 0 Å². The Morgan fingerprint density at radius 2 is 0.374 bits per heavy atom. The van der Waals surface area contributed by atoms with E-state index in [4.69, 9.17) is 27.1 Å². The fourth-order valence-electron chi connectivity index (χ4n) is 10.7. The summed E-state index contributed by atoms with van der Waals surface area (Å²) in [6, 6.07) is 20.7. The Kier molecular flexibility index (Phi) is 61.5. The summed E-state index contributed by atoms with van der Waals surface area (Å²) < 4.78 is 65.3. The molecule has 0 aliphatic rings. The van der Waals surface area contributed by atoms with E-state index < -0.39 is 23.5 Å². The van der Waals surface area contributed by atoms with Crippen molar-refractivity contribution in [2.75, 3.05) is 19.8 Å². The number of benzene rings is 3. The van der Waals surface area contributed by atoms with Crippen LogP contribution in [0.5, 0.6) is 17.2 Å². The number of unbranched alkanes of at least 4 members (excludes halogenated alkanes) is 45. The molecule has 0 aliphatic heterocycles. The van der Waals surface area contributed by atoms with E-state index in [1.807, 2.05) is 57.2 Å². The average Bonchev–Trinajstić information content (AvgIpc) is 3.59. The molecule has 12 nitrogen and oxygen atoms in total. The third-order valence-corrected chi connectivity index (χ3v) is 19.3. The fourth-order valence-corrected chi connectivity index (χ4v) is 13.1. The van der Waals surface area contributed by atoms with Crippen LogP contribution in [0.3, 0.4) is 0 Å². The molecule has 3 unspecified atom stereocenters. The van der Waals surface area contributed by atoms with Crippen molar-refractivity contribution in [2.24, 2.45) is 0 Å². The second-order valence-electron chi connectivity index (χ2n) is 25.5. The summed E-state index contributed by atoms with van der Waals surface area (Å²) in [5.41, 5.74) is 3.16. The third-order valence-electron chi connectivity index (χ3n) is 16.5. The molecule has 0 amide bonds. The monoisotopic (exact) mass is 1340 g/mol. The second kappa shape index (κ2) is 62.8. The Labute approximate surface area is 569 Å². The Bertz CT molecular complexity index is 1930. The van der Waals surface area contributed by atoms with Gasteiger partial charge in [0, 0.05) is 0 Å². The quantitative estimate of drug-likeness (QED) is 0.0297. The molecule has 0 aromatic heterocycles. The predicted molar refractivity (Wildman–Crippen MR) is 380 cm³/mol. The number of phosphoric ester groups is 3. The number of hydrogen-bond donors (Lipinski definition) is 0. The average molecular weight is 1350 g/mol. The van der Waals surface area contributed by atoms with E-state index in [9.17, 15) is 28.4 Å².